The Hall–Kier alpha value is -1.71. The Morgan fingerprint density at radius 2 is 2.16 bits per heavy atom. The number of anilines is 2. The Labute approximate surface area is 115 Å². The molecule has 1 rings (SSSR count). The van der Waals surface area contributed by atoms with Gasteiger partial charge in [0.25, 0.3) is 0 Å². The highest BCUT2D eigenvalue weighted by Gasteiger charge is 2.14. The quantitative estimate of drug-likeness (QED) is 0.585. The van der Waals surface area contributed by atoms with Gasteiger partial charge in [0.05, 0.1) is 23.5 Å². The van der Waals surface area contributed by atoms with Crippen LogP contribution in [0.4, 0.5) is 11.4 Å². The fourth-order valence-corrected chi connectivity index (χ4v) is 1.93. The summed E-state index contributed by atoms with van der Waals surface area (Å²) in [6, 6.07) is 5.73. The molecule has 0 spiro atoms. The number of hydrogen-bond donors (Lipinski definition) is 2. The lowest BCUT2D eigenvalue weighted by atomic mass is 10.1. The minimum atomic E-state index is -0.370. The molecule has 1 atom stereocenters. The number of ether oxygens (including phenoxy) is 1. The highest BCUT2D eigenvalue weighted by atomic mass is 16.5. The van der Waals surface area contributed by atoms with Gasteiger partial charge >= 0.3 is 5.97 Å². The maximum atomic E-state index is 11.7. The number of para-hydroxylation sites is 1. The third kappa shape index (κ3) is 4.47. The Bertz CT molecular complexity index is 419. The number of esters is 1. The van der Waals surface area contributed by atoms with Gasteiger partial charge in [0.1, 0.15) is 0 Å². The van der Waals surface area contributed by atoms with Crippen molar-refractivity contribution in [2.75, 3.05) is 17.7 Å². The van der Waals surface area contributed by atoms with Crippen molar-refractivity contribution in [3.05, 3.63) is 23.8 Å². The molecular weight excluding hydrogens is 240 g/mol. The summed E-state index contributed by atoms with van der Waals surface area (Å²) in [6.45, 7) is 6.42. The number of rotatable bonds is 7. The van der Waals surface area contributed by atoms with Gasteiger partial charge in [-0.05, 0) is 32.4 Å². The number of unbranched alkanes of at least 4 members (excludes halogenated alkanes) is 1. The summed E-state index contributed by atoms with van der Waals surface area (Å²) in [4.78, 5) is 11.7. The SMILES string of the molecule is CCCCC(C)Nc1cccc(C(=O)OCC)c1N. The average molecular weight is 264 g/mol. The van der Waals surface area contributed by atoms with Crippen molar-refractivity contribution in [3.63, 3.8) is 0 Å². The molecule has 0 aromatic heterocycles. The molecule has 1 aromatic carbocycles. The molecule has 106 valence electrons. The summed E-state index contributed by atoms with van der Waals surface area (Å²) in [5, 5.41) is 3.35. The van der Waals surface area contributed by atoms with Gasteiger partial charge in [0.2, 0.25) is 0 Å². The molecule has 0 heterocycles. The van der Waals surface area contributed by atoms with Gasteiger partial charge in [0.15, 0.2) is 0 Å². The van der Waals surface area contributed by atoms with E-state index in [4.69, 9.17) is 10.5 Å². The van der Waals surface area contributed by atoms with Gasteiger partial charge in [0, 0.05) is 6.04 Å². The molecule has 0 saturated carbocycles. The molecule has 4 heteroatoms. The van der Waals surface area contributed by atoms with Crippen LogP contribution < -0.4 is 11.1 Å². The molecule has 0 saturated heterocycles. The zero-order chi connectivity index (χ0) is 14.3. The zero-order valence-electron chi connectivity index (χ0n) is 12.0. The van der Waals surface area contributed by atoms with Crippen LogP contribution in [0.1, 0.15) is 50.4 Å². The summed E-state index contributed by atoms with van der Waals surface area (Å²) in [6.07, 6.45) is 3.43. The molecule has 19 heavy (non-hydrogen) atoms. The van der Waals surface area contributed by atoms with E-state index in [1.54, 1.807) is 13.0 Å². The third-order valence-corrected chi connectivity index (χ3v) is 2.99. The molecule has 0 bridgehead atoms. The Morgan fingerprint density at radius 3 is 2.79 bits per heavy atom. The van der Waals surface area contributed by atoms with Gasteiger partial charge in [-0.1, -0.05) is 25.8 Å². The van der Waals surface area contributed by atoms with E-state index in [1.165, 1.54) is 12.8 Å². The standard InChI is InChI=1S/C15H24N2O2/c1-4-6-8-11(3)17-13-10-7-9-12(14(13)16)15(18)19-5-2/h7,9-11,17H,4-6,8,16H2,1-3H3. The largest absolute Gasteiger partial charge is 0.462 e. The van der Waals surface area contributed by atoms with Crippen molar-refractivity contribution in [1.82, 2.24) is 0 Å². The Morgan fingerprint density at radius 1 is 1.42 bits per heavy atom. The summed E-state index contributed by atoms with van der Waals surface area (Å²) < 4.78 is 4.99. The first-order chi connectivity index (χ1) is 9.10. The van der Waals surface area contributed by atoms with Gasteiger partial charge in [-0.25, -0.2) is 4.79 Å². The molecule has 0 aliphatic rings. The number of benzene rings is 1. The minimum Gasteiger partial charge on any atom is -0.462 e. The van der Waals surface area contributed by atoms with E-state index < -0.39 is 0 Å². The van der Waals surface area contributed by atoms with Crippen molar-refractivity contribution in [2.24, 2.45) is 0 Å². The van der Waals surface area contributed by atoms with Crippen molar-refractivity contribution >= 4 is 17.3 Å². The van der Waals surface area contributed by atoms with Crippen LogP contribution in [-0.2, 0) is 4.74 Å². The van der Waals surface area contributed by atoms with Crippen molar-refractivity contribution < 1.29 is 9.53 Å². The Kier molecular flexibility index (Phi) is 6.19. The van der Waals surface area contributed by atoms with Crippen LogP contribution >= 0.6 is 0 Å². The second kappa shape index (κ2) is 7.67. The molecule has 0 fully saturated rings. The topological polar surface area (TPSA) is 64.3 Å². The second-order valence-corrected chi connectivity index (χ2v) is 4.67. The van der Waals surface area contributed by atoms with Crippen LogP contribution in [0.15, 0.2) is 18.2 Å². The molecule has 0 aliphatic carbocycles. The molecule has 3 N–H and O–H groups in total. The van der Waals surface area contributed by atoms with E-state index in [0.29, 0.717) is 23.9 Å². The average Bonchev–Trinajstić information content (AvgIpc) is 2.39. The molecule has 4 nitrogen and oxygen atoms in total. The zero-order valence-corrected chi connectivity index (χ0v) is 12.0. The van der Waals surface area contributed by atoms with Gasteiger partial charge in [-0.15, -0.1) is 0 Å². The van der Waals surface area contributed by atoms with Crippen LogP contribution in [0.25, 0.3) is 0 Å². The maximum absolute atomic E-state index is 11.7. The lowest BCUT2D eigenvalue weighted by Crippen LogP contribution is -2.17. The fraction of sp³-hybridized carbons (Fsp3) is 0.533. The highest BCUT2D eigenvalue weighted by Crippen LogP contribution is 2.24. The second-order valence-electron chi connectivity index (χ2n) is 4.67. The molecule has 1 unspecified atom stereocenters. The molecule has 1 aromatic rings. The van der Waals surface area contributed by atoms with Crippen molar-refractivity contribution in [3.8, 4) is 0 Å². The maximum Gasteiger partial charge on any atom is 0.340 e. The predicted molar refractivity (Wildman–Crippen MR) is 79.4 cm³/mol. The number of carbonyl (C=O) groups is 1. The van der Waals surface area contributed by atoms with E-state index in [9.17, 15) is 4.79 Å². The highest BCUT2D eigenvalue weighted by molar-refractivity contribution is 5.98. The first kappa shape index (κ1) is 15.3. The van der Waals surface area contributed by atoms with Crippen LogP contribution in [0.5, 0.6) is 0 Å². The lowest BCUT2D eigenvalue weighted by Gasteiger charge is -2.17. The predicted octanol–water partition coefficient (Wildman–Crippen LogP) is 3.44. The van der Waals surface area contributed by atoms with E-state index in [2.05, 4.69) is 19.2 Å². The van der Waals surface area contributed by atoms with E-state index in [1.807, 2.05) is 12.1 Å². The van der Waals surface area contributed by atoms with Crippen LogP contribution in [0.3, 0.4) is 0 Å². The summed E-state index contributed by atoms with van der Waals surface area (Å²) in [5.41, 5.74) is 7.72. The fourth-order valence-electron chi connectivity index (χ4n) is 1.93. The first-order valence-electron chi connectivity index (χ1n) is 6.92. The van der Waals surface area contributed by atoms with E-state index in [0.717, 1.165) is 12.1 Å². The number of carbonyl (C=O) groups excluding carboxylic acids is 1. The van der Waals surface area contributed by atoms with Gasteiger partial charge < -0.3 is 15.8 Å². The summed E-state index contributed by atoms with van der Waals surface area (Å²) >= 11 is 0. The van der Waals surface area contributed by atoms with Gasteiger partial charge in [-0.3, -0.25) is 0 Å². The summed E-state index contributed by atoms with van der Waals surface area (Å²) in [5.74, 6) is -0.370. The lowest BCUT2D eigenvalue weighted by molar-refractivity contribution is 0.0527. The van der Waals surface area contributed by atoms with Crippen molar-refractivity contribution in [2.45, 2.75) is 46.1 Å². The van der Waals surface area contributed by atoms with E-state index >= 15 is 0 Å². The van der Waals surface area contributed by atoms with Crippen LogP contribution in [0, 0.1) is 0 Å². The first-order valence-corrected chi connectivity index (χ1v) is 6.92. The van der Waals surface area contributed by atoms with E-state index in [-0.39, 0.29) is 5.97 Å². The normalized spacial score (nSPS) is 11.9. The molecule has 0 amide bonds. The molecular formula is C15H24N2O2. The summed E-state index contributed by atoms with van der Waals surface area (Å²) in [7, 11) is 0. The number of nitrogens with two attached hydrogens (primary N) is 1. The van der Waals surface area contributed by atoms with Crippen molar-refractivity contribution in [1.29, 1.82) is 0 Å². The monoisotopic (exact) mass is 264 g/mol. The minimum absolute atomic E-state index is 0.333. The Balaban J connectivity index is 2.79. The number of nitrogen functional groups attached to an aromatic ring is 1. The third-order valence-electron chi connectivity index (χ3n) is 2.99. The number of nitrogens with one attached hydrogen (secondary N) is 1. The van der Waals surface area contributed by atoms with Crippen LogP contribution in [0.2, 0.25) is 0 Å². The van der Waals surface area contributed by atoms with Gasteiger partial charge in [-0.2, -0.15) is 0 Å². The smallest absolute Gasteiger partial charge is 0.340 e. The van der Waals surface area contributed by atoms with Crippen LogP contribution in [-0.4, -0.2) is 18.6 Å². The molecule has 0 aliphatic heterocycles. The molecule has 0 radical (unpaired) electrons. The number of hydrogen-bond acceptors (Lipinski definition) is 4.